The van der Waals surface area contributed by atoms with Gasteiger partial charge in [-0.05, 0) is 12.8 Å². The van der Waals surface area contributed by atoms with Gasteiger partial charge in [-0.25, -0.2) is 4.98 Å². The fourth-order valence-electron chi connectivity index (χ4n) is 2.46. The monoisotopic (exact) mass is 280 g/mol. The number of aliphatic hydroxyl groups excluding tert-OH is 1. The number of aliphatic hydroxyl groups is 1. The minimum Gasteiger partial charge on any atom is -0.394 e. The van der Waals surface area contributed by atoms with E-state index in [-0.39, 0.29) is 36.0 Å². The smallest absolute Gasteiger partial charge is 0.280 e. The molecule has 3 rings (SSSR count). The Balaban J connectivity index is 2.16. The molecule has 0 spiro atoms. The molecule has 0 radical (unpaired) electrons. The summed E-state index contributed by atoms with van der Waals surface area (Å²) in [7, 11) is 1.70. The van der Waals surface area contributed by atoms with Gasteiger partial charge in [-0.1, -0.05) is 0 Å². The number of anilines is 2. The second-order valence-electron chi connectivity index (χ2n) is 4.65. The van der Waals surface area contributed by atoms with Gasteiger partial charge in [0.25, 0.3) is 5.56 Å². The van der Waals surface area contributed by atoms with E-state index >= 15 is 0 Å². The molecule has 2 aromatic heterocycles. The molecule has 3 heterocycles. The number of nitrogens with one attached hydrogen (secondary N) is 2. The van der Waals surface area contributed by atoms with Crippen LogP contribution in [0.1, 0.15) is 19.1 Å². The summed E-state index contributed by atoms with van der Waals surface area (Å²) in [5, 5.41) is 12.1. The Kier molecular flexibility index (Phi) is 3.07. The Morgan fingerprint density at radius 2 is 2.35 bits per heavy atom. The molecule has 20 heavy (non-hydrogen) atoms. The summed E-state index contributed by atoms with van der Waals surface area (Å²) in [6, 6.07) is 0. The highest BCUT2D eigenvalue weighted by molar-refractivity contribution is 5.74. The van der Waals surface area contributed by atoms with E-state index in [4.69, 9.17) is 15.6 Å². The molecule has 0 bridgehead atoms. The van der Waals surface area contributed by atoms with Crippen molar-refractivity contribution in [2.24, 2.45) is 0 Å². The van der Waals surface area contributed by atoms with E-state index in [1.165, 1.54) is 0 Å². The van der Waals surface area contributed by atoms with Crippen LogP contribution >= 0.6 is 0 Å². The zero-order valence-electron chi connectivity index (χ0n) is 11.0. The fraction of sp³-hybridized carbons (Fsp3) is 0.545. The number of H-pyrrole nitrogens is 1. The topological polar surface area (TPSA) is 131 Å². The van der Waals surface area contributed by atoms with E-state index in [9.17, 15) is 4.79 Å². The van der Waals surface area contributed by atoms with Gasteiger partial charge in [0, 0.05) is 7.05 Å². The number of imidazole rings is 1. The lowest BCUT2D eigenvalue weighted by Gasteiger charge is -2.16. The Morgan fingerprint density at radius 3 is 3.00 bits per heavy atom. The summed E-state index contributed by atoms with van der Waals surface area (Å²) in [4.78, 5) is 22.6. The average molecular weight is 280 g/mol. The lowest BCUT2D eigenvalue weighted by Crippen LogP contribution is -2.17. The van der Waals surface area contributed by atoms with Gasteiger partial charge in [0.2, 0.25) is 11.9 Å². The fourth-order valence-corrected chi connectivity index (χ4v) is 2.46. The number of hydrogen-bond acceptors (Lipinski definition) is 7. The predicted molar refractivity (Wildman–Crippen MR) is 72.3 cm³/mol. The molecule has 9 heteroatoms. The van der Waals surface area contributed by atoms with Crippen LogP contribution in [0.4, 0.5) is 11.9 Å². The molecule has 108 valence electrons. The highest BCUT2D eigenvalue weighted by Gasteiger charge is 2.30. The summed E-state index contributed by atoms with van der Waals surface area (Å²) in [5.74, 6) is 0.509. The second-order valence-corrected chi connectivity index (χ2v) is 4.65. The first kappa shape index (κ1) is 12.9. The number of fused-ring (bicyclic) bond motifs is 1. The van der Waals surface area contributed by atoms with Crippen molar-refractivity contribution in [3.05, 3.63) is 10.4 Å². The number of aromatic nitrogens is 4. The van der Waals surface area contributed by atoms with Crippen LogP contribution in [-0.4, -0.2) is 44.4 Å². The maximum absolute atomic E-state index is 11.9. The van der Waals surface area contributed by atoms with E-state index in [1.54, 1.807) is 11.6 Å². The average Bonchev–Trinajstić information content (AvgIpc) is 3.01. The minimum atomic E-state index is -0.389. The van der Waals surface area contributed by atoms with Gasteiger partial charge in [-0.15, -0.1) is 0 Å². The van der Waals surface area contributed by atoms with Crippen molar-refractivity contribution in [1.29, 1.82) is 0 Å². The SMILES string of the molecule is CNc1nc2c(=O)[nH]c(N)nc2n1[C@H]1CC[C@@H](CO)O1. The Bertz CT molecular complexity index is 693. The summed E-state index contributed by atoms with van der Waals surface area (Å²) >= 11 is 0. The Morgan fingerprint density at radius 1 is 1.55 bits per heavy atom. The lowest BCUT2D eigenvalue weighted by atomic mass is 10.2. The minimum absolute atomic E-state index is 0.0306. The van der Waals surface area contributed by atoms with Crippen molar-refractivity contribution in [3.63, 3.8) is 0 Å². The van der Waals surface area contributed by atoms with Crippen LogP contribution in [0.15, 0.2) is 4.79 Å². The van der Waals surface area contributed by atoms with Crippen LogP contribution in [0.2, 0.25) is 0 Å². The van der Waals surface area contributed by atoms with Gasteiger partial charge in [-0.3, -0.25) is 14.3 Å². The Hall–Kier alpha value is -2.13. The van der Waals surface area contributed by atoms with Crippen molar-refractivity contribution in [1.82, 2.24) is 19.5 Å². The first-order valence-corrected chi connectivity index (χ1v) is 6.36. The van der Waals surface area contributed by atoms with E-state index in [0.29, 0.717) is 18.0 Å². The zero-order chi connectivity index (χ0) is 14.3. The van der Waals surface area contributed by atoms with Crippen LogP contribution in [0.25, 0.3) is 11.2 Å². The number of ether oxygens (including phenoxy) is 1. The van der Waals surface area contributed by atoms with Gasteiger partial charge >= 0.3 is 0 Å². The molecule has 1 fully saturated rings. The third-order valence-electron chi connectivity index (χ3n) is 3.37. The number of rotatable bonds is 3. The number of nitrogens with zero attached hydrogens (tertiary/aromatic N) is 3. The Labute approximate surface area is 113 Å². The predicted octanol–water partition coefficient (Wildman–Crippen LogP) is -0.587. The van der Waals surface area contributed by atoms with Gasteiger partial charge in [0.15, 0.2) is 11.2 Å². The van der Waals surface area contributed by atoms with Crippen LogP contribution in [0, 0.1) is 0 Å². The largest absolute Gasteiger partial charge is 0.394 e. The van der Waals surface area contributed by atoms with Crippen molar-refractivity contribution < 1.29 is 9.84 Å². The number of aromatic amines is 1. The molecule has 2 aromatic rings. The molecular weight excluding hydrogens is 264 g/mol. The maximum atomic E-state index is 11.9. The van der Waals surface area contributed by atoms with E-state index in [0.717, 1.165) is 6.42 Å². The van der Waals surface area contributed by atoms with E-state index in [1.807, 2.05) is 0 Å². The van der Waals surface area contributed by atoms with Crippen LogP contribution in [-0.2, 0) is 4.74 Å². The molecule has 0 aliphatic carbocycles. The van der Waals surface area contributed by atoms with Crippen molar-refractivity contribution >= 4 is 23.1 Å². The lowest BCUT2D eigenvalue weighted by molar-refractivity contribution is -0.0197. The molecule has 0 aromatic carbocycles. The standard InChI is InChI=1S/C11H16N6O3/c1-13-11-14-7-8(15-10(12)16-9(7)19)17(11)6-3-2-5(4-18)20-6/h5-6,18H,2-4H2,1H3,(H,13,14)(H3,12,15,16,19)/t5-,6+/m0/s1. The second kappa shape index (κ2) is 4.76. The number of nitrogen functional groups attached to an aromatic ring is 1. The highest BCUT2D eigenvalue weighted by Crippen LogP contribution is 2.32. The van der Waals surface area contributed by atoms with Crippen molar-refractivity contribution in [2.45, 2.75) is 25.2 Å². The summed E-state index contributed by atoms with van der Waals surface area (Å²) in [6.07, 6.45) is 0.914. The molecule has 0 saturated carbocycles. The van der Waals surface area contributed by atoms with E-state index in [2.05, 4.69) is 20.3 Å². The summed E-state index contributed by atoms with van der Waals surface area (Å²) in [6.45, 7) is -0.0336. The van der Waals surface area contributed by atoms with E-state index < -0.39 is 0 Å². The summed E-state index contributed by atoms with van der Waals surface area (Å²) in [5.41, 5.74) is 5.78. The van der Waals surface area contributed by atoms with Gasteiger partial charge in [0.1, 0.15) is 6.23 Å². The number of hydrogen-bond donors (Lipinski definition) is 4. The maximum Gasteiger partial charge on any atom is 0.280 e. The van der Waals surface area contributed by atoms with Crippen LogP contribution in [0.3, 0.4) is 0 Å². The summed E-state index contributed by atoms with van der Waals surface area (Å²) < 4.78 is 7.43. The molecule has 1 aliphatic rings. The van der Waals surface area contributed by atoms with Gasteiger partial charge in [0.05, 0.1) is 12.7 Å². The quantitative estimate of drug-likeness (QED) is 0.591. The molecule has 1 aliphatic heterocycles. The highest BCUT2D eigenvalue weighted by atomic mass is 16.5. The molecule has 5 N–H and O–H groups in total. The van der Waals surface area contributed by atoms with Crippen molar-refractivity contribution in [3.8, 4) is 0 Å². The first-order chi connectivity index (χ1) is 9.63. The zero-order valence-corrected chi connectivity index (χ0v) is 11.0. The molecule has 0 unspecified atom stereocenters. The molecule has 1 saturated heterocycles. The third kappa shape index (κ3) is 1.91. The third-order valence-corrected chi connectivity index (χ3v) is 3.37. The first-order valence-electron chi connectivity index (χ1n) is 6.36. The normalized spacial score (nSPS) is 22.5. The van der Waals surface area contributed by atoms with Crippen molar-refractivity contribution in [2.75, 3.05) is 24.7 Å². The van der Waals surface area contributed by atoms with Crippen LogP contribution < -0.4 is 16.6 Å². The van der Waals surface area contributed by atoms with Gasteiger partial charge in [-0.2, -0.15) is 4.98 Å². The number of nitrogens with two attached hydrogens (primary N) is 1. The van der Waals surface area contributed by atoms with Gasteiger partial charge < -0.3 is 20.9 Å². The molecule has 0 amide bonds. The van der Waals surface area contributed by atoms with Crippen LogP contribution in [0.5, 0.6) is 0 Å². The molecule has 9 nitrogen and oxygen atoms in total. The molecule has 2 atom stereocenters. The molecular formula is C11H16N6O3.